The Kier molecular flexibility index (Phi) is 64.9. The average Bonchev–Trinajstić information content (AvgIpc) is 1.81. The summed E-state index contributed by atoms with van der Waals surface area (Å²) in [6.45, 7) is 7.13. The van der Waals surface area contributed by atoms with Gasteiger partial charge in [0.05, 0.1) is 26.4 Å². The van der Waals surface area contributed by atoms with Crippen molar-refractivity contribution in [3.05, 3.63) is 0 Å². The Bertz CT molecular complexity index is 1770. The van der Waals surface area contributed by atoms with Crippen LogP contribution < -0.4 is 0 Å². The zero-order valence-corrected chi connectivity index (χ0v) is 61.5. The first-order valence-electron chi connectivity index (χ1n) is 38.1. The second-order valence-electron chi connectivity index (χ2n) is 26.8. The van der Waals surface area contributed by atoms with E-state index in [9.17, 15) is 43.2 Å². The van der Waals surface area contributed by atoms with Gasteiger partial charge in [-0.05, 0) is 31.6 Å². The number of aliphatic hydroxyl groups is 1. The summed E-state index contributed by atoms with van der Waals surface area (Å²) in [6.07, 6.45) is 54.6. The van der Waals surface area contributed by atoms with E-state index in [1.807, 2.05) is 0 Å². The maximum absolute atomic E-state index is 13.1. The fraction of sp³-hybridized carbons (Fsp3) is 0.945. The summed E-state index contributed by atoms with van der Waals surface area (Å²) in [5.41, 5.74) is 0. The molecular weight excluding hydrogens is 1210 g/mol. The molecule has 3 N–H and O–H groups in total. The maximum atomic E-state index is 13.1. The van der Waals surface area contributed by atoms with Gasteiger partial charge in [0.15, 0.2) is 12.2 Å². The first-order chi connectivity index (χ1) is 44.5. The van der Waals surface area contributed by atoms with E-state index in [4.69, 9.17) is 37.0 Å². The lowest BCUT2D eigenvalue weighted by atomic mass is 10.0. The van der Waals surface area contributed by atoms with E-state index in [0.29, 0.717) is 31.6 Å². The molecule has 17 nitrogen and oxygen atoms in total. The van der Waals surface area contributed by atoms with Gasteiger partial charge in [-0.1, -0.05) is 330 Å². The number of hydrogen-bond donors (Lipinski definition) is 3. The van der Waals surface area contributed by atoms with Gasteiger partial charge in [-0.25, -0.2) is 9.13 Å². The standard InChI is InChI=1S/C73H142O17P2/c1-6-9-12-15-18-20-22-24-26-28-29-30-31-33-35-37-39-42-48-53-58-72(77)89-68(63-84-71(76)57-52-47-41-38-36-34-32-27-25-23-21-19-16-13-10-7-2)64-87-91(79,80)85-60-67(74)61-86-92(81,82)88-65-69(62-83-70(75)56-51-46-40-17-14-11-8-3)90-73(78)59-54-49-44-43-45-50-55-66(4)5/h66-69,74H,6-65H2,1-5H3,(H,79,80)(H,81,82)/t67-,68-,69-/m1/s1. The van der Waals surface area contributed by atoms with Crippen molar-refractivity contribution in [3.63, 3.8) is 0 Å². The second-order valence-corrected chi connectivity index (χ2v) is 29.7. The van der Waals surface area contributed by atoms with E-state index in [2.05, 4.69) is 34.6 Å². The van der Waals surface area contributed by atoms with Gasteiger partial charge in [0.2, 0.25) is 0 Å². The summed E-state index contributed by atoms with van der Waals surface area (Å²) in [4.78, 5) is 72.4. The molecule has 0 aromatic carbocycles. The van der Waals surface area contributed by atoms with E-state index in [0.717, 1.165) is 103 Å². The Morgan fingerprint density at radius 3 is 0.739 bits per heavy atom. The largest absolute Gasteiger partial charge is 0.472 e. The maximum Gasteiger partial charge on any atom is 0.472 e. The molecule has 0 aliphatic rings. The molecule has 19 heteroatoms. The highest BCUT2D eigenvalue weighted by Gasteiger charge is 2.30. The van der Waals surface area contributed by atoms with Crippen LogP contribution in [0.4, 0.5) is 0 Å². The highest BCUT2D eigenvalue weighted by atomic mass is 31.2. The van der Waals surface area contributed by atoms with E-state index >= 15 is 0 Å². The summed E-state index contributed by atoms with van der Waals surface area (Å²) >= 11 is 0. The van der Waals surface area contributed by atoms with Gasteiger partial charge in [0.1, 0.15) is 19.3 Å². The van der Waals surface area contributed by atoms with Crippen LogP contribution in [-0.4, -0.2) is 96.7 Å². The Balaban J connectivity index is 5.15. The van der Waals surface area contributed by atoms with Crippen molar-refractivity contribution in [2.45, 2.75) is 400 Å². The number of ether oxygens (including phenoxy) is 4. The van der Waals surface area contributed by atoms with E-state index in [1.54, 1.807) is 0 Å². The van der Waals surface area contributed by atoms with Crippen LogP contribution in [-0.2, 0) is 65.4 Å². The van der Waals surface area contributed by atoms with Crippen LogP contribution in [0.3, 0.4) is 0 Å². The van der Waals surface area contributed by atoms with Gasteiger partial charge < -0.3 is 33.8 Å². The first kappa shape index (κ1) is 90.1. The molecule has 0 radical (unpaired) electrons. The Hall–Kier alpha value is -1.94. The zero-order chi connectivity index (χ0) is 67.7. The number of esters is 4. The lowest BCUT2D eigenvalue weighted by Crippen LogP contribution is -2.30. The van der Waals surface area contributed by atoms with Crippen molar-refractivity contribution in [2.75, 3.05) is 39.6 Å². The minimum Gasteiger partial charge on any atom is -0.462 e. The van der Waals surface area contributed by atoms with Gasteiger partial charge in [0.25, 0.3) is 0 Å². The molecular formula is C73H142O17P2. The van der Waals surface area contributed by atoms with Crippen LogP contribution in [0.5, 0.6) is 0 Å². The molecule has 92 heavy (non-hydrogen) atoms. The van der Waals surface area contributed by atoms with Crippen LogP contribution in [0.25, 0.3) is 0 Å². The fourth-order valence-electron chi connectivity index (χ4n) is 11.2. The highest BCUT2D eigenvalue weighted by Crippen LogP contribution is 2.45. The fourth-order valence-corrected chi connectivity index (χ4v) is 12.8. The number of aliphatic hydroxyl groups excluding tert-OH is 1. The molecule has 546 valence electrons. The molecule has 0 bridgehead atoms. The second kappa shape index (κ2) is 66.3. The molecule has 5 atom stereocenters. The van der Waals surface area contributed by atoms with Crippen molar-refractivity contribution in [1.29, 1.82) is 0 Å². The monoisotopic (exact) mass is 1350 g/mol. The minimum absolute atomic E-state index is 0.102. The number of phosphoric ester groups is 2. The number of carbonyl (C=O) groups excluding carboxylic acids is 4. The Morgan fingerprint density at radius 2 is 0.500 bits per heavy atom. The summed E-state index contributed by atoms with van der Waals surface area (Å²) in [5.74, 6) is -1.46. The van der Waals surface area contributed by atoms with Crippen LogP contribution in [0, 0.1) is 5.92 Å². The number of rotatable bonds is 73. The van der Waals surface area contributed by atoms with Gasteiger partial charge in [-0.2, -0.15) is 0 Å². The van der Waals surface area contributed by atoms with Gasteiger partial charge in [-0.15, -0.1) is 0 Å². The van der Waals surface area contributed by atoms with Gasteiger partial charge in [-0.3, -0.25) is 37.3 Å². The van der Waals surface area contributed by atoms with Crippen LogP contribution in [0.2, 0.25) is 0 Å². The van der Waals surface area contributed by atoms with Gasteiger partial charge in [0, 0.05) is 25.7 Å². The minimum atomic E-state index is -4.95. The summed E-state index contributed by atoms with van der Waals surface area (Å²) in [5, 5.41) is 10.6. The van der Waals surface area contributed by atoms with E-state index in [-0.39, 0.29) is 25.7 Å². The van der Waals surface area contributed by atoms with Crippen molar-refractivity contribution in [3.8, 4) is 0 Å². The van der Waals surface area contributed by atoms with Crippen LogP contribution >= 0.6 is 15.6 Å². The van der Waals surface area contributed by atoms with Crippen molar-refractivity contribution in [1.82, 2.24) is 0 Å². The van der Waals surface area contributed by atoms with E-state index in [1.165, 1.54) is 193 Å². The van der Waals surface area contributed by atoms with Crippen LogP contribution in [0.15, 0.2) is 0 Å². The topological polar surface area (TPSA) is 237 Å². The molecule has 0 saturated carbocycles. The lowest BCUT2D eigenvalue weighted by Gasteiger charge is -2.21. The molecule has 0 amide bonds. The normalized spacial score (nSPS) is 14.0. The Labute approximate surface area is 562 Å². The summed E-state index contributed by atoms with van der Waals surface area (Å²) in [6, 6.07) is 0. The highest BCUT2D eigenvalue weighted by molar-refractivity contribution is 7.47. The molecule has 0 aromatic heterocycles. The molecule has 0 aromatic rings. The van der Waals surface area contributed by atoms with Crippen molar-refractivity contribution < 1.29 is 80.2 Å². The number of hydrogen-bond acceptors (Lipinski definition) is 15. The lowest BCUT2D eigenvalue weighted by molar-refractivity contribution is -0.161. The average molecular weight is 1350 g/mol. The zero-order valence-electron chi connectivity index (χ0n) is 59.7. The predicted octanol–water partition coefficient (Wildman–Crippen LogP) is 21.3. The smallest absolute Gasteiger partial charge is 0.462 e. The molecule has 0 rings (SSSR count). The predicted molar refractivity (Wildman–Crippen MR) is 372 cm³/mol. The van der Waals surface area contributed by atoms with Crippen molar-refractivity contribution in [2.24, 2.45) is 5.92 Å². The summed E-state index contributed by atoms with van der Waals surface area (Å²) < 4.78 is 68.2. The number of unbranched alkanes of at least 4 members (excludes halogenated alkanes) is 45. The molecule has 0 saturated heterocycles. The quantitative estimate of drug-likeness (QED) is 0.0222. The third-order valence-electron chi connectivity index (χ3n) is 17.0. The van der Waals surface area contributed by atoms with Crippen molar-refractivity contribution >= 4 is 39.5 Å². The third-order valence-corrected chi connectivity index (χ3v) is 18.9. The molecule has 0 aliphatic heterocycles. The van der Waals surface area contributed by atoms with Gasteiger partial charge >= 0.3 is 39.5 Å². The number of carbonyl (C=O) groups is 4. The Morgan fingerprint density at radius 1 is 0.293 bits per heavy atom. The third kappa shape index (κ3) is 66.7. The molecule has 0 aliphatic carbocycles. The van der Waals surface area contributed by atoms with E-state index < -0.39 is 97.5 Å². The summed E-state index contributed by atoms with van der Waals surface area (Å²) in [7, 11) is -9.90. The van der Waals surface area contributed by atoms with Crippen LogP contribution in [0.1, 0.15) is 381 Å². The SMILES string of the molecule is CCCCCCCCCCCCCCCCCCCCCCC(=O)O[C@H](COC(=O)CCCCCCCCCCCCCCCCCC)COP(=O)(O)OC[C@@H](O)COP(=O)(O)OC[C@@H](COC(=O)CCCCCCCCC)OC(=O)CCCCCCCCC(C)C. The first-order valence-corrected chi connectivity index (χ1v) is 41.1. The number of phosphoric acid groups is 2. The molecule has 0 spiro atoms. The molecule has 0 fully saturated rings. The molecule has 2 unspecified atom stereocenters. The molecule has 0 heterocycles.